The van der Waals surface area contributed by atoms with Gasteiger partial charge in [0, 0.05) is 30.8 Å². The van der Waals surface area contributed by atoms with Crippen LogP contribution < -0.4 is 5.32 Å². The van der Waals surface area contributed by atoms with Crippen molar-refractivity contribution < 1.29 is 19.7 Å². The van der Waals surface area contributed by atoms with E-state index in [2.05, 4.69) is 5.32 Å². The van der Waals surface area contributed by atoms with Crippen molar-refractivity contribution in [2.75, 3.05) is 0 Å². The van der Waals surface area contributed by atoms with E-state index in [0.29, 0.717) is 11.1 Å². The quantitative estimate of drug-likeness (QED) is 0.553. The van der Waals surface area contributed by atoms with E-state index in [1.54, 1.807) is 12.1 Å². The number of carboxylic acids is 1. The average Bonchev–Trinajstić information content (AvgIpc) is 2.59. The Morgan fingerprint density at radius 3 is 1.76 bits per heavy atom. The number of benzene rings is 2. The Labute approximate surface area is 142 Å². The van der Waals surface area contributed by atoms with Gasteiger partial charge in [-0.1, -0.05) is 24.3 Å². The number of nitrogens with zero attached hydrogens (tertiary/aromatic N) is 2. The topological polar surface area (TPSA) is 136 Å². The highest BCUT2D eigenvalue weighted by Gasteiger charge is 2.18. The van der Waals surface area contributed by atoms with Gasteiger partial charge in [0.25, 0.3) is 11.4 Å². The Kier molecular flexibility index (Phi) is 5.75. The van der Waals surface area contributed by atoms with E-state index in [0.717, 1.165) is 0 Å². The lowest BCUT2D eigenvalue weighted by Gasteiger charge is -2.14. The van der Waals surface area contributed by atoms with Gasteiger partial charge in [0.1, 0.15) is 6.04 Å². The van der Waals surface area contributed by atoms with Crippen molar-refractivity contribution >= 4 is 17.3 Å². The molecule has 25 heavy (non-hydrogen) atoms. The van der Waals surface area contributed by atoms with Crippen LogP contribution in [0, 0.1) is 20.2 Å². The van der Waals surface area contributed by atoms with Gasteiger partial charge in [0.05, 0.1) is 9.85 Å². The van der Waals surface area contributed by atoms with Crippen molar-refractivity contribution in [3.8, 4) is 0 Å². The smallest absolute Gasteiger partial charge is 0.321 e. The summed E-state index contributed by atoms with van der Waals surface area (Å²) in [6, 6.07) is 10.6. The molecule has 9 nitrogen and oxygen atoms in total. The Bertz CT molecular complexity index is 773. The maximum atomic E-state index is 11.4. The summed E-state index contributed by atoms with van der Waals surface area (Å²) in [6.07, 6.45) is 0.153. The van der Waals surface area contributed by atoms with Gasteiger partial charge in [0.2, 0.25) is 0 Å². The number of hydrogen-bond acceptors (Lipinski definition) is 6. The maximum absolute atomic E-state index is 11.4. The van der Waals surface area contributed by atoms with Crippen molar-refractivity contribution in [3.05, 3.63) is 79.9 Å². The number of carbonyl (C=O) groups is 1. The van der Waals surface area contributed by atoms with Crippen molar-refractivity contribution in [1.29, 1.82) is 0 Å². The second-order valence-electron chi connectivity index (χ2n) is 5.32. The predicted octanol–water partition coefficient (Wildman–Crippen LogP) is 2.29. The Morgan fingerprint density at radius 1 is 0.920 bits per heavy atom. The molecule has 2 aromatic carbocycles. The third-order valence-electron chi connectivity index (χ3n) is 3.58. The minimum absolute atomic E-state index is 0.0376. The molecule has 0 radical (unpaired) electrons. The fourth-order valence-corrected chi connectivity index (χ4v) is 2.21. The standard InChI is InChI=1S/C16H15N3O6/c20-16(21)15(9-11-1-5-13(6-2-11)18(22)23)17-10-12-3-7-14(8-4-12)19(24)25/h1-8,15,17H,9-10H2,(H,20,21)/t15-/m0/s1. The number of nitrogens with one attached hydrogen (secondary N) is 1. The minimum Gasteiger partial charge on any atom is -0.480 e. The first kappa shape index (κ1) is 18.0. The second-order valence-corrected chi connectivity index (χ2v) is 5.32. The molecule has 2 N–H and O–H groups in total. The Balaban J connectivity index is 1.99. The predicted molar refractivity (Wildman–Crippen MR) is 88.2 cm³/mol. The van der Waals surface area contributed by atoms with Gasteiger partial charge < -0.3 is 10.4 Å². The van der Waals surface area contributed by atoms with Gasteiger partial charge >= 0.3 is 5.97 Å². The van der Waals surface area contributed by atoms with Crippen molar-refractivity contribution in [1.82, 2.24) is 5.32 Å². The van der Waals surface area contributed by atoms with E-state index >= 15 is 0 Å². The van der Waals surface area contributed by atoms with E-state index in [9.17, 15) is 30.1 Å². The number of aliphatic carboxylic acids is 1. The highest BCUT2D eigenvalue weighted by atomic mass is 16.6. The van der Waals surface area contributed by atoms with Crippen molar-refractivity contribution in [3.63, 3.8) is 0 Å². The molecule has 130 valence electrons. The van der Waals surface area contributed by atoms with Gasteiger partial charge in [-0.2, -0.15) is 0 Å². The first-order valence-electron chi connectivity index (χ1n) is 7.29. The number of non-ortho nitro benzene ring substituents is 2. The summed E-state index contributed by atoms with van der Waals surface area (Å²) in [5, 5.41) is 33.4. The van der Waals surface area contributed by atoms with Gasteiger partial charge in [-0.25, -0.2) is 0 Å². The molecule has 1 atom stereocenters. The highest BCUT2D eigenvalue weighted by Crippen LogP contribution is 2.14. The molecule has 0 fully saturated rings. The Hall–Kier alpha value is -3.33. The average molecular weight is 345 g/mol. The lowest BCUT2D eigenvalue weighted by Crippen LogP contribution is -2.38. The maximum Gasteiger partial charge on any atom is 0.321 e. The van der Waals surface area contributed by atoms with Gasteiger partial charge in [0.15, 0.2) is 0 Å². The normalized spacial score (nSPS) is 11.7. The molecular weight excluding hydrogens is 330 g/mol. The van der Waals surface area contributed by atoms with Gasteiger partial charge in [-0.05, 0) is 17.5 Å². The number of nitro groups is 2. The molecule has 9 heteroatoms. The summed E-state index contributed by atoms with van der Waals surface area (Å²) < 4.78 is 0. The van der Waals surface area contributed by atoms with E-state index in [-0.39, 0.29) is 24.3 Å². The molecule has 0 spiro atoms. The molecule has 0 aromatic heterocycles. The summed E-state index contributed by atoms with van der Waals surface area (Å²) in [6.45, 7) is 0.224. The van der Waals surface area contributed by atoms with E-state index in [1.165, 1.54) is 36.4 Å². The second kappa shape index (κ2) is 7.97. The molecule has 0 saturated heterocycles. The van der Waals surface area contributed by atoms with Crippen LogP contribution in [-0.2, 0) is 17.8 Å². The largest absolute Gasteiger partial charge is 0.480 e. The highest BCUT2D eigenvalue weighted by molar-refractivity contribution is 5.74. The Morgan fingerprint density at radius 2 is 1.36 bits per heavy atom. The molecule has 0 unspecified atom stereocenters. The fourth-order valence-electron chi connectivity index (χ4n) is 2.21. The number of carboxylic acid groups (broad SMARTS) is 1. The van der Waals surface area contributed by atoms with Crippen LogP contribution in [0.5, 0.6) is 0 Å². The molecule has 0 saturated carbocycles. The lowest BCUT2D eigenvalue weighted by molar-refractivity contribution is -0.385. The van der Waals surface area contributed by atoms with Gasteiger partial charge in [-0.3, -0.25) is 25.0 Å². The van der Waals surface area contributed by atoms with Crippen LogP contribution in [0.4, 0.5) is 11.4 Å². The van der Waals surface area contributed by atoms with E-state index in [1.807, 2.05) is 0 Å². The summed E-state index contributed by atoms with van der Waals surface area (Å²) >= 11 is 0. The zero-order valence-electron chi connectivity index (χ0n) is 13.0. The zero-order valence-corrected chi connectivity index (χ0v) is 13.0. The van der Waals surface area contributed by atoms with Crippen molar-refractivity contribution in [2.45, 2.75) is 19.0 Å². The lowest BCUT2D eigenvalue weighted by atomic mass is 10.1. The van der Waals surface area contributed by atoms with Crippen LogP contribution >= 0.6 is 0 Å². The third kappa shape index (κ3) is 5.08. The van der Waals surface area contributed by atoms with Gasteiger partial charge in [-0.15, -0.1) is 0 Å². The molecular formula is C16H15N3O6. The summed E-state index contributed by atoms with van der Waals surface area (Å²) in [5.74, 6) is -1.06. The molecule has 0 aliphatic heterocycles. The molecule has 2 rings (SSSR count). The summed E-state index contributed by atoms with van der Waals surface area (Å²) in [5.41, 5.74) is 1.26. The van der Waals surface area contributed by atoms with Crippen LogP contribution in [0.15, 0.2) is 48.5 Å². The van der Waals surface area contributed by atoms with Crippen LogP contribution in [0.2, 0.25) is 0 Å². The zero-order chi connectivity index (χ0) is 18.4. The number of rotatable bonds is 8. The fraction of sp³-hybridized carbons (Fsp3) is 0.188. The van der Waals surface area contributed by atoms with Crippen LogP contribution in [0.3, 0.4) is 0 Å². The number of nitro benzene ring substituents is 2. The SMILES string of the molecule is O=C(O)[C@H](Cc1ccc([N+](=O)[O-])cc1)NCc1ccc([N+](=O)[O-])cc1. The molecule has 2 aromatic rings. The van der Waals surface area contributed by atoms with Crippen LogP contribution in [0.1, 0.15) is 11.1 Å². The summed E-state index contributed by atoms with van der Waals surface area (Å²) in [7, 11) is 0. The molecule has 0 aliphatic rings. The van der Waals surface area contributed by atoms with E-state index in [4.69, 9.17) is 0 Å². The first-order chi connectivity index (χ1) is 11.9. The summed E-state index contributed by atoms with van der Waals surface area (Å²) in [4.78, 5) is 31.6. The van der Waals surface area contributed by atoms with Crippen LogP contribution in [-0.4, -0.2) is 27.0 Å². The molecule has 0 heterocycles. The molecule has 0 amide bonds. The number of hydrogen-bond donors (Lipinski definition) is 2. The third-order valence-corrected chi connectivity index (χ3v) is 3.58. The van der Waals surface area contributed by atoms with Crippen molar-refractivity contribution in [2.24, 2.45) is 0 Å². The van der Waals surface area contributed by atoms with E-state index < -0.39 is 21.9 Å². The molecule has 0 aliphatic carbocycles. The minimum atomic E-state index is -1.06. The van der Waals surface area contributed by atoms with Crippen LogP contribution in [0.25, 0.3) is 0 Å². The monoisotopic (exact) mass is 345 g/mol. The molecule has 0 bridgehead atoms. The first-order valence-corrected chi connectivity index (χ1v) is 7.29.